The molecule has 0 aliphatic heterocycles. The zero-order chi connectivity index (χ0) is 15.4. The maximum absolute atomic E-state index is 14.0. The maximum Gasteiger partial charge on any atom is 0.165 e. The number of ether oxygens (including phenoxy) is 1. The fourth-order valence-electron chi connectivity index (χ4n) is 2.14. The van der Waals surface area contributed by atoms with Crippen LogP contribution in [0.25, 0.3) is 0 Å². The van der Waals surface area contributed by atoms with Crippen LogP contribution in [-0.4, -0.2) is 6.04 Å². The summed E-state index contributed by atoms with van der Waals surface area (Å²) in [6, 6.07) is 10.4. The Labute approximate surface area is 123 Å². The van der Waals surface area contributed by atoms with Gasteiger partial charge < -0.3 is 10.5 Å². The molecule has 2 N–H and O–H groups in total. The topological polar surface area (TPSA) is 35.2 Å². The highest BCUT2D eigenvalue weighted by atomic mass is 19.1. The van der Waals surface area contributed by atoms with Crippen molar-refractivity contribution in [2.75, 3.05) is 0 Å². The van der Waals surface area contributed by atoms with Crippen molar-refractivity contribution in [1.29, 1.82) is 0 Å². The third-order valence-corrected chi connectivity index (χ3v) is 3.41. The predicted octanol–water partition coefficient (Wildman–Crippen LogP) is 4.13. The summed E-state index contributed by atoms with van der Waals surface area (Å²) in [4.78, 5) is 0. The lowest BCUT2D eigenvalue weighted by Gasteiger charge is -2.25. The van der Waals surface area contributed by atoms with E-state index < -0.39 is 23.8 Å². The van der Waals surface area contributed by atoms with Crippen LogP contribution in [0.5, 0.6) is 5.75 Å². The molecule has 0 amide bonds. The van der Waals surface area contributed by atoms with Gasteiger partial charge in [0, 0.05) is 11.6 Å². The summed E-state index contributed by atoms with van der Waals surface area (Å²) >= 11 is 0. The number of rotatable bonds is 5. The predicted molar refractivity (Wildman–Crippen MR) is 79.2 cm³/mol. The lowest BCUT2D eigenvalue weighted by molar-refractivity contribution is 0.159. The number of hydrogen-bond acceptors (Lipinski definition) is 2. The fourth-order valence-corrected chi connectivity index (χ4v) is 2.14. The minimum atomic E-state index is -0.729. The average molecular weight is 291 g/mol. The summed E-state index contributed by atoms with van der Waals surface area (Å²) in [5.41, 5.74) is 7.25. The Kier molecular flexibility index (Phi) is 4.91. The van der Waals surface area contributed by atoms with Crippen LogP contribution < -0.4 is 10.5 Å². The summed E-state index contributed by atoms with van der Waals surface area (Å²) in [5.74, 6) is -0.795. The van der Waals surface area contributed by atoms with Crippen LogP contribution in [0.15, 0.2) is 42.5 Å². The molecule has 0 heterocycles. The highest BCUT2D eigenvalue weighted by molar-refractivity contribution is 5.31. The molecule has 0 aliphatic carbocycles. The van der Waals surface area contributed by atoms with Gasteiger partial charge in [-0.05, 0) is 37.1 Å². The minimum Gasteiger partial charge on any atom is -0.481 e. The molecule has 2 rings (SSSR count). The van der Waals surface area contributed by atoms with Crippen molar-refractivity contribution in [2.45, 2.75) is 32.4 Å². The molecule has 21 heavy (non-hydrogen) atoms. The van der Waals surface area contributed by atoms with Gasteiger partial charge in [0.05, 0.1) is 0 Å². The first kappa shape index (κ1) is 15.4. The quantitative estimate of drug-likeness (QED) is 0.899. The first-order chi connectivity index (χ1) is 10.0. The molecule has 2 nitrogen and oxygen atoms in total. The van der Waals surface area contributed by atoms with Crippen molar-refractivity contribution >= 4 is 0 Å². The molecule has 0 aromatic heterocycles. The van der Waals surface area contributed by atoms with Crippen LogP contribution in [0.4, 0.5) is 8.78 Å². The van der Waals surface area contributed by atoms with Gasteiger partial charge in [0.25, 0.3) is 0 Å². The zero-order valence-electron chi connectivity index (χ0n) is 12.1. The summed E-state index contributed by atoms with van der Waals surface area (Å²) in [7, 11) is 0. The van der Waals surface area contributed by atoms with E-state index in [1.807, 2.05) is 13.8 Å². The fraction of sp³-hybridized carbons (Fsp3) is 0.294. The number of nitrogens with two attached hydrogens (primary N) is 1. The second-order valence-electron chi connectivity index (χ2n) is 5.07. The van der Waals surface area contributed by atoms with Crippen molar-refractivity contribution in [2.24, 2.45) is 5.73 Å². The van der Waals surface area contributed by atoms with Crippen LogP contribution in [0.3, 0.4) is 0 Å². The summed E-state index contributed by atoms with van der Waals surface area (Å²) in [6.45, 7) is 3.72. The van der Waals surface area contributed by atoms with Crippen molar-refractivity contribution in [3.05, 3.63) is 65.2 Å². The van der Waals surface area contributed by atoms with Gasteiger partial charge >= 0.3 is 0 Å². The van der Waals surface area contributed by atoms with Crippen LogP contribution in [-0.2, 0) is 0 Å². The smallest absolute Gasteiger partial charge is 0.165 e. The molecule has 0 fully saturated rings. The van der Waals surface area contributed by atoms with Gasteiger partial charge in [-0.2, -0.15) is 0 Å². The Morgan fingerprint density at radius 2 is 1.81 bits per heavy atom. The first-order valence-corrected chi connectivity index (χ1v) is 6.95. The van der Waals surface area contributed by atoms with E-state index in [9.17, 15) is 8.78 Å². The molecule has 0 saturated heterocycles. The van der Waals surface area contributed by atoms with E-state index in [2.05, 4.69) is 0 Å². The summed E-state index contributed by atoms with van der Waals surface area (Å²) in [5, 5.41) is 0. The summed E-state index contributed by atoms with van der Waals surface area (Å²) in [6.07, 6.45) is -0.139. The Bertz CT molecular complexity index is 615. The Hall–Kier alpha value is -1.94. The normalized spacial score (nSPS) is 13.8. The van der Waals surface area contributed by atoms with E-state index in [-0.39, 0.29) is 5.75 Å². The van der Waals surface area contributed by atoms with Gasteiger partial charge in [-0.25, -0.2) is 8.78 Å². The van der Waals surface area contributed by atoms with Gasteiger partial charge in [0.2, 0.25) is 0 Å². The standard InChI is InChI=1S/C17H19F2NO/c1-3-15(20)17(12-6-4-5-7-13(12)18)21-16-10-11(2)8-9-14(16)19/h4-10,15,17H,3,20H2,1-2H3. The van der Waals surface area contributed by atoms with Gasteiger partial charge in [-0.3, -0.25) is 0 Å². The van der Waals surface area contributed by atoms with Crippen LogP contribution in [0.1, 0.15) is 30.6 Å². The molecule has 2 atom stereocenters. The van der Waals surface area contributed by atoms with E-state index in [0.29, 0.717) is 12.0 Å². The molecule has 0 spiro atoms. The molecule has 0 bridgehead atoms. The molecule has 0 aliphatic rings. The largest absolute Gasteiger partial charge is 0.481 e. The second kappa shape index (κ2) is 6.68. The van der Waals surface area contributed by atoms with Gasteiger partial charge in [0.15, 0.2) is 11.6 Å². The lowest BCUT2D eigenvalue weighted by Crippen LogP contribution is -2.32. The Morgan fingerprint density at radius 3 is 2.48 bits per heavy atom. The lowest BCUT2D eigenvalue weighted by atomic mass is 10.00. The van der Waals surface area contributed by atoms with Crippen LogP contribution in [0, 0.1) is 18.6 Å². The Morgan fingerprint density at radius 1 is 1.10 bits per heavy atom. The van der Waals surface area contributed by atoms with Gasteiger partial charge in [-0.15, -0.1) is 0 Å². The highest BCUT2D eigenvalue weighted by Crippen LogP contribution is 2.29. The van der Waals surface area contributed by atoms with Crippen molar-refractivity contribution in [3.63, 3.8) is 0 Å². The molecular formula is C17H19F2NO. The third-order valence-electron chi connectivity index (χ3n) is 3.41. The SMILES string of the molecule is CCC(N)C(Oc1cc(C)ccc1F)c1ccccc1F. The third kappa shape index (κ3) is 3.58. The van der Waals surface area contributed by atoms with Gasteiger partial charge in [-0.1, -0.05) is 31.2 Å². The van der Waals surface area contributed by atoms with Crippen molar-refractivity contribution in [1.82, 2.24) is 0 Å². The van der Waals surface area contributed by atoms with Crippen molar-refractivity contribution < 1.29 is 13.5 Å². The first-order valence-electron chi connectivity index (χ1n) is 6.95. The number of aryl methyl sites for hydroxylation is 1. The summed E-state index contributed by atoms with van der Waals surface area (Å²) < 4.78 is 33.5. The molecule has 2 aromatic carbocycles. The number of hydrogen-bond donors (Lipinski definition) is 1. The minimum absolute atomic E-state index is 0.0900. The molecule has 0 saturated carbocycles. The van der Waals surface area contributed by atoms with E-state index in [4.69, 9.17) is 10.5 Å². The molecule has 4 heteroatoms. The second-order valence-corrected chi connectivity index (χ2v) is 5.07. The molecule has 0 radical (unpaired) electrons. The molecule has 2 unspecified atom stereocenters. The number of halogens is 2. The van der Waals surface area contributed by atoms with E-state index in [0.717, 1.165) is 5.56 Å². The molecule has 112 valence electrons. The van der Waals surface area contributed by atoms with Crippen LogP contribution >= 0.6 is 0 Å². The van der Waals surface area contributed by atoms with Crippen LogP contribution in [0.2, 0.25) is 0 Å². The van der Waals surface area contributed by atoms with E-state index in [1.165, 1.54) is 12.1 Å². The average Bonchev–Trinajstić information content (AvgIpc) is 2.48. The van der Waals surface area contributed by atoms with Crippen molar-refractivity contribution in [3.8, 4) is 5.75 Å². The highest BCUT2D eigenvalue weighted by Gasteiger charge is 2.24. The van der Waals surface area contributed by atoms with E-state index >= 15 is 0 Å². The molecule has 2 aromatic rings. The zero-order valence-corrected chi connectivity index (χ0v) is 12.1. The Balaban J connectivity index is 2.38. The van der Waals surface area contributed by atoms with Gasteiger partial charge in [0.1, 0.15) is 11.9 Å². The number of benzene rings is 2. The molecular weight excluding hydrogens is 272 g/mol. The monoisotopic (exact) mass is 291 g/mol. The maximum atomic E-state index is 14.0. The van der Waals surface area contributed by atoms with E-state index in [1.54, 1.807) is 30.3 Å².